The molecule has 4 N–H and O–H groups in total. The lowest BCUT2D eigenvalue weighted by atomic mass is 9.73. The molecule has 0 heterocycles. The monoisotopic (exact) mass is 281 g/mol. The van der Waals surface area contributed by atoms with Crippen molar-refractivity contribution in [1.29, 1.82) is 0 Å². The molecule has 116 valence electrons. The van der Waals surface area contributed by atoms with Gasteiger partial charge in [0.05, 0.1) is 12.6 Å². The number of rotatable bonds is 3. The Labute approximate surface area is 123 Å². The maximum Gasteiger partial charge on any atom is 0.188 e. The minimum atomic E-state index is -0.231. The predicted octanol–water partition coefficient (Wildman–Crippen LogP) is 2.55. The van der Waals surface area contributed by atoms with Gasteiger partial charge in [0, 0.05) is 11.5 Å². The molecule has 2 rings (SSSR count). The van der Waals surface area contributed by atoms with E-state index in [-0.39, 0.29) is 11.5 Å². The highest BCUT2D eigenvalue weighted by Gasteiger charge is 2.35. The summed E-state index contributed by atoms with van der Waals surface area (Å²) in [6.07, 6.45) is 11.7. The first kappa shape index (κ1) is 15.6. The SMILES string of the molecule is CC1(CN=C(N)NC2CCCCCC2)CCCCC1O. The third-order valence-electron chi connectivity index (χ3n) is 5.10. The van der Waals surface area contributed by atoms with Crippen LogP contribution >= 0.6 is 0 Å². The van der Waals surface area contributed by atoms with E-state index in [0.717, 1.165) is 19.3 Å². The van der Waals surface area contributed by atoms with Crippen molar-refractivity contribution < 1.29 is 5.11 Å². The molecule has 4 nitrogen and oxygen atoms in total. The van der Waals surface area contributed by atoms with Crippen LogP contribution in [0.5, 0.6) is 0 Å². The zero-order valence-corrected chi connectivity index (χ0v) is 12.9. The standard InChI is InChI=1S/C16H31N3O/c1-16(11-7-6-10-14(16)20)12-18-15(17)19-13-8-4-2-3-5-9-13/h13-14,20H,2-12H2,1H3,(H3,17,18,19). The molecule has 0 saturated heterocycles. The van der Waals surface area contributed by atoms with Crippen LogP contribution in [0.25, 0.3) is 0 Å². The van der Waals surface area contributed by atoms with Crippen LogP contribution in [0.4, 0.5) is 0 Å². The number of nitrogens with one attached hydrogen (secondary N) is 1. The minimum Gasteiger partial charge on any atom is -0.392 e. The third-order valence-corrected chi connectivity index (χ3v) is 5.10. The molecular weight excluding hydrogens is 250 g/mol. The van der Waals surface area contributed by atoms with E-state index >= 15 is 0 Å². The van der Waals surface area contributed by atoms with Crippen LogP contribution in [0.2, 0.25) is 0 Å². The van der Waals surface area contributed by atoms with E-state index in [4.69, 9.17) is 5.73 Å². The summed E-state index contributed by atoms with van der Waals surface area (Å²) in [6.45, 7) is 2.78. The van der Waals surface area contributed by atoms with Gasteiger partial charge in [-0.1, -0.05) is 45.4 Å². The van der Waals surface area contributed by atoms with Gasteiger partial charge in [0.1, 0.15) is 0 Å². The molecule has 0 aliphatic heterocycles. The number of hydrogen-bond acceptors (Lipinski definition) is 2. The van der Waals surface area contributed by atoms with Crippen molar-refractivity contribution in [3.63, 3.8) is 0 Å². The first-order chi connectivity index (χ1) is 9.60. The summed E-state index contributed by atoms with van der Waals surface area (Å²) in [5.41, 5.74) is 5.95. The van der Waals surface area contributed by atoms with Crippen LogP contribution in [0, 0.1) is 5.41 Å². The lowest BCUT2D eigenvalue weighted by molar-refractivity contribution is 0.00718. The highest BCUT2D eigenvalue weighted by molar-refractivity contribution is 5.78. The Kier molecular flexibility index (Phi) is 5.70. The Bertz CT molecular complexity index is 324. The zero-order chi connectivity index (χ0) is 14.4. The van der Waals surface area contributed by atoms with Gasteiger partial charge in [0.25, 0.3) is 0 Å². The van der Waals surface area contributed by atoms with Crippen molar-refractivity contribution in [2.45, 2.75) is 83.3 Å². The van der Waals surface area contributed by atoms with Crippen molar-refractivity contribution in [2.24, 2.45) is 16.1 Å². The fourth-order valence-corrected chi connectivity index (χ4v) is 3.51. The summed E-state index contributed by atoms with van der Waals surface area (Å²) in [5, 5.41) is 13.5. The van der Waals surface area contributed by atoms with E-state index in [9.17, 15) is 5.11 Å². The first-order valence-electron chi connectivity index (χ1n) is 8.35. The molecule has 0 aromatic heterocycles. The molecule has 2 unspecified atom stereocenters. The molecule has 2 fully saturated rings. The third kappa shape index (κ3) is 4.37. The Morgan fingerprint density at radius 3 is 2.45 bits per heavy atom. The number of hydrogen-bond donors (Lipinski definition) is 3. The highest BCUT2D eigenvalue weighted by atomic mass is 16.3. The molecule has 20 heavy (non-hydrogen) atoms. The van der Waals surface area contributed by atoms with Gasteiger partial charge in [-0.25, -0.2) is 0 Å². The average molecular weight is 281 g/mol. The summed E-state index contributed by atoms with van der Waals surface area (Å²) in [6, 6.07) is 0.491. The number of nitrogens with zero attached hydrogens (tertiary/aromatic N) is 1. The molecule has 4 heteroatoms. The summed E-state index contributed by atoms with van der Waals surface area (Å²) >= 11 is 0. The second kappa shape index (κ2) is 7.30. The quantitative estimate of drug-likeness (QED) is 0.423. The zero-order valence-electron chi connectivity index (χ0n) is 12.9. The fraction of sp³-hybridized carbons (Fsp3) is 0.938. The van der Waals surface area contributed by atoms with Gasteiger partial charge >= 0.3 is 0 Å². The van der Waals surface area contributed by atoms with Crippen LogP contribution < -0.4 is 11.1 Å². The van der Waals surface area contributed by atoms with Gasteiger partial charge in [-0.15, -0.1) is 0 Å². The van der Waals surface area contributed by atoms with E-state index < -0.39 is 0 Å². The Morgan fingerprint density at radius 1 is 1.15 bits per heavy atom. The molecule has 2 aliphatic carbocycles. The maximum absolute atomic E-state index is 10.2. The second-order valence-electron chi connectivity index (χ2n) is 6.95. The predicted molar refractivity (Wildman–Crippen MR) is 83.7 cm³/mol. The molecule has 2 aliphatic rings. The minimum absolute atomic E-state index is 0.0893. The van der Waals surface area contributed by atoms with Crippen LogP contribution in [-0.4, -0.2) is 29.8 Å². The number of aliphatic hydroxyl groups is 1. The number of nitrogens with two attached hydrogens (primary N) is 1. The van der Waals surface area contributed by atoms with Gasteiger partial charge in [-0.05, 0) is 25.7 Å². The Hall–Kier alpha value is -0.770. The van der Waals surface area contributed by atoms with Crippen molar-refractivity contribution in [1.82, 2.24) is 5.32 Å². The summed E-state index contributed by atoms with van der Waals surface area (Å²) < 4.78 is 0. The van der Waals surface area contributed by atoms with Crippen molar-refractivity contribution in [2.75, 3.05) is 6.54 Å². The lowest BCUT2D eigenvalue weighted by Gasteiger charge is -2.37. The van der Waals surface area contributed by atoms with E-state index in [1.807, 2.05) is 0 Å². The van der Waals surface area contributed by atoms with Crippen molar-refractivity contribution in [3.05, 3.63) is 0 Å². The van der Waals surface area contributed by atoms with Gasteiger partial charge in [-0.2, -0.15) is 0 Å². The number of guanidine groups is 1. The summed E-state index contributed by atoms with van der Waals surface area (Å²) in [7, 11) is 0. The van der Waals surface area contributed by atoms with Gasteiger partial charge < -0.3 is 16.2 Å². The molecular formula is C16H31N3O. The van der Waals surface area contributed by atoms with Crippen LogP contribution in [0.15, 0.2) is 4.99 Å². The van der Waals surface area contributed by atoms with Crippen molar-refractivity contribution in [3.8, 4) is 0 Å². The Morgan fingerprint density at radius 2 is 1.80 bits per heavy atom. The smallest absolute Gasteiger partial charge is 0.188 e. The topological polar surface area (TPSA) is 70.6 Å². The van der Waals surface area contributed by atoms with Gasteiger partial charge in [0.2, 0.25) is 0 Å². The molecule has 2 atom stereocenters. The maximum atomic E-state index is 10.2. The largest absolute Gasteiger partial charge is 0.392 e. The lowest BCUT2D eigenvalue weighted by Crippen LogP contribution is -2.42. The van der Waals surface area contributed by atoms with E-state index in [0.29, 0.717) is 18.5 Å². The molecule has 0 amide bonds. The van der Waals surface area contributed by atoms with Crippen LogP contribution in [0.1, 0.15) is 71.1 Å². The van der Waals surface area contributed by atoms with Crippen molar-refractivity contribution >= 4 is 5.96 Å². The molecule has 0 radical (unpaired) electrons. The molecule has 0 aromatic rings. The molecule has 0 spiro atoms. The number of aliphatic imine (C=N–C) groups is 1. The normalized spacial score (nSPS) is 33.7. The van der Waals surface area contributed by atoms with Crippen LogP contribution in [-0.2, 0) is 0 Å². The second-order valence-corrected chi connectivity index (χ2v) is 6.95. The van der Waals surface area contributed by atoms with E-state index in [1.165, 1.54) is 44.9 Å². The van der Waals surface area contributed by atoms with E-state index in [2.05, 4.69) is 17.2 Å². The van der Waals surface area contributed by atoms with Gasteiger partial charge in [-0.3, -0.25) is 4.99 Å². The molecule has 2 saturated carbocycles. The fourth-order valence-electron chi connectivity index (χ4n) is 3.51. The Balaban J connectivity index is 1.83. The number of aliphatic hydroxyl groups excluding tert-OH is 1. The van der Waals surface area contributed by atoms with E-state index in [1.54, 1.807) is 0 Å². The van der Waals surface area contributed by atoms with Gasteiger partial charge in [0.15, 0.2) is 5.96 Å². The first-order valence-corrected chi connectivity index (χ1v) is 8.35. The highest BCUT2D eigenvalue weighted by Crippen LogP contribution is 2.36. The van der Waals surface area contributed by atoms with Crippen LogP contribution in [0.3, 0.4) is 0 Å². The molecule has 0 bridgehead atoms. The summed E-state index contributed by atoms with van der Waals surface area (Å²) in [5.74, 6) is 0.566. The average Bonchev–Trinajstić information content (AvgIpc) is 2.69. The summed E-state index contributed by atoms with van der Waals surface area (Å²) in [4.78, 5) is 4.52. The molecule has 0 aromatic carbocycles.